The summed E-state index contributed by atoms with van der Waals surface area (Å²) in [6, 6.07) is 0.856. The van der Waals surface area contributed by atoms with Crippen LogP contribution in [0.25, 0.3) is 0 Å². The molecule has 1 N–H and O–H groups in total. The van der Waals surface area contributed by atoms with E-state index in [1.165, 1.54) is 32.1 Å². The molecule has 1 aromatic rings. The first-order valence-electron chi connectivity index (χ1n) is 8.37. The van der Waals surface area contributed by atoms with Gasteiger partial charge in [0.05, 0.1) is 6.04 Å². The van der Waals surface area contributed by atoms with Gasteiger partial charge in [0.15, 0.2) is 5.82 Å². The molecule has 4 aliphatic rings. The standard InChI is InChI=1S/C16H21N5O/c1-8-17-13-14(18-8)21-11-7-6-9-4-3-5-10(12(9)11)19-16(21)20(2)15(13)22/h9-12H,3-7H2,1-2H3,(H,17,18). The summed E-state index contributed by atoms with van der Waals surface area (Å²) in [6.07, 6.45) is 6.28. The second-order valence-electron chi connectivity index (χ2n) is 7.16. The Labute approximate surface area is 129 Å². The molecule has 4 atom stereocenters. The van der Waals surface area contributed by atoms with Gasteiger partial charge in [0.1, 0.15) is 11.5 Å². The third kappa shape index (κ3) is 1.43. The highest BCUT2D eigenvalue weighted by atomic mass is 16.2. The lowest BCUT2D eigenvalue weighted by Gasteiger charge is -2.47. The van der Waals surface area contributed by atoms with E-state index in [1.807, 2.05) is 14.0 Å². The zero-order chi connectivity index (χ0) is 15.0. The zero-order valence-electron chi connectivity index (χ0n) is 13.0. The van der Waals surface area contributed by atoms with Gasteiger partial charge in [-0.25, -0.2) is 9.98 Å². The van der Waals surface area contributed by atoms with Gasteiger partial charge < -0.3 is 4.98 Å². The fraction of sp³-hybridized carbons (Fsp3) is 0.688. The number of rotatable bonds is 0. The number of aliphatic imine (C=N–C) groups is 1. The average Bonchev–Trinajstić information content (AvgIpc) is 3.10. The summed E-state index contributed by atoms with van der Waals surface area (Å²) in [5, 5.41) is 0. The molecule has 5 rings (SSSR count). The Morgan fingerprint density at radius 1 is 1.23 bits per heavy atom. The van der Waals surface area contributed by atoms with Gasteiger partial charge in [-0.15, -0.1) is 0 Å². The third-order valence-electron chi connectivity index (χ3n) is 6.02. The molecule has 116 valence electrons. The Balaban J connectivity index is 1.70. The molecule has 2 fully saturated rings. The van der Waals surface area contributed by atoms with Gasteiger partial charge in [0.25, 0.3) is 5.91 Å². The van der Waals surface area contributed by atoms with Crippen molar-refractivity contribution in [2.75, 3.05) is 11.9 Å². The fourth-order valence-electron chi connectivity index (χ4n) is 5.15. The number of hydrogen-bond acceptors (Lipinski definition) is 4. The number of amides is 1. The monoisotopic (exact) mass is 299 g/mol. The van der Waals surface area contributed by atoms with Gasteiger partial charge in [-0.2, -0.15) is 0 Å². The number of hydrogen-bond donors (Lipinski definition) is 1. The van der Waals surface area contributed by atoms with Gasteiger partial charge in [0, 0.05) is 19.0 Å². The molecule has 6 heteroatoms. The van der Waals surface area contributed by atoms with Crippen LogP contribution in [-0.2, 0) is 0 Å². The summed E-state index contributed by atoms with van der Waals surface area (Å²) < 4.78 is 0. The van der Waals surface area contributed by atoms with Crippen molar-refractivity contribution in [3.05, 3.63) is 11.5 Å². The number of aryl methyl sites for hydroxylation is 1. The lowest BCUT2D eigenvalue weighted by molar-refractivity contribution is 0.0851. The molecule has 3 heterocycles. The van der Waals surface area contributed by atoms with Crippen molar-refractivity contribution in [1.82, 2.24) is 14.9 Å². The summed E-state index contributed by atoms with van der Waals surface area (Å²) >= 11 is 0. The normalized spacial score (nSPS) is 35.9. The van der Waals surface area contributed by atoms with Crippen LogP contribution in [-0.4, -0.2) is 45.9 Å². The van der Waals surface area contributed by atoms with E-state index in [9.17, 15) is 4.79 Å². The Bertz CT molecular complexity index is 693. The first-order chi connectivity index (χ1) is 10.6. The molecule has 0 saturated heterocycles. The average molecular weight is 299 g/mol. The second-order valence-corrected chi connectivity index (χ2v) is 7.16. The molecular weight excluding hydrogens is 278 g/mol. The molecule has 0 bridgehead atoms. The molecule has 0 spiro atoms. The van der Waals surface area contributed by atoms with Crippen molar-refractivity contribution in [3.63, 3.8) is 0 Å². The lowest BCUT2D eigenvalue weighted by Crippen LogP contribution is -2.60. The minimum atomic E-state index is -0.0191. The number of carbonyl (C=O) groups excluding carboxylic acids is 1. The van der Waals surface area contributed by atoms with Gasteiger partial charge >= 0.3 is 0 Å². The summed E-state index contributed by atoms with van der Waals surface area (Å²) in [6.45, 7) is 1.91. The van der Waals surface area contributed by atoms with Crippen LogP contribution in [0.5, 0.6) is 0 Å². The predicted molar refractivity (Wildman–Crippen MR) is 83.0 cm³/mol. The fourth-order valence-corrected chi connectivity index (χ4v) is 5.15. The SMILES string of the molecule is Cc1nc2c([nH]1)C(=O)N(C)C1=NC3CCCC4CCC(C43)N12. The first kappa shape index (κ1) is 12.7. The van der Waals surface area contributed by atoms with Gasteiger partial charge in [0.2, 0.25) is 5.96 Å². The van der Waals surface area contributed by atoms with E-state index in [0.717, 1.165) is 23.5 Å². The van der Waals surface area contributed by atoms with Crippen molar-refractivity contribution < 1.29 is 4.79 Å². The Kier molecular flexibility index (Phi) is 2.37. The minimum absolute atomic E-state index is 0.0191. The number of guanidine groups is 1. The molecule has 6 nitrogen and oxygen atoms in total. The highest BCUT2D eigenvalue weighted by Crippen LogP contribution is 2.49. The molecule has 1 amide bonds. The van der Waals surface area contributed by atoms with Crippen LogP contribution >= 0.6 is 0 Å². The lowest BCUT2D eigenvalue weighted by atomic mass is 9.75. The van der Waals surface area contributed by atoms with E-state index in [-0.39, 0.29) is 5.91 Å². The molecular formula is C16H21N5O. The topological polar surface area (TPSA) is 64.6 Å². The molecule has 2 aliphatic heterocycles. The molecule has 0 aromatic carbocycles. The number of nitrogens with one attached hydrogen (secondary N) is 1. The zero-order valence-corrected chi connectivity index (χ0v) is 13.0. The number of anilines is 1. The van der Waals surface area contributed by atoms with Crippen LogP contribution in [0.4, 0.5) is 5.82 Å². The highest BCUT2D eigenvalue weighted by molar-refractivity contribution is 6.17. The van der Waals surface area contributed by atoms with E-state index in [2.05, 4.69) is 14.9 Å². The maximum atomic E-state index is 12.6. The number of H-pyrrole nitrogens is 1. The number of aromatic nitrogens is 2. The first-order valence-corrected chi connectivity index (χ1v) is 8.37. The number of carbonyl (C=O) groups is 1. The van der Waals surface area contributed by atoms with Crippen LogP contribution in [0.2, 0.25) is 0 Å². The van der Waals surface area contributed by atoms with Gasteiger partial charge in [-0.1, -0.05) is 6.42 Å². The van der Waals surface area contributed by atoms with E-state index >= 15 is 0 Å². The van der Waals surface area contributed by atoms with Crippen molar-refractivity contribution in [3.8, 4) is 0 Å². The summed E-state index contributed by atoms with van der Waals surface area (Å²) in [4.78, 5) is 29.3. The number of imidazole rings is 1. The Hall–Kier alpha value is -1.85. The molecule has 2 aliphatic carbocycles. The summed E-state index contributed by atoms with van der Waals surface area (Å²) in [7, 11) is 1.84. The number of aromatic amines is 1. The second kappa shape index (κ2) is 4.12. The van der Waals surface area contributed by atoms with Crippen LogP contribution in [0.3, 0.4) is 0 Å². The molecule has 22 heavy (non-hydrogen) atoms. The maximum absolute atomic E-state index is 12.6. The van der Waals surface area contributed by atoms with Gasteiger partial charge in [-0.3, -0.25) is 14.6 Å². The molecule has 2 saturated carbocycles. The smallest absolute Gasteiger partial charge is 0.280 e. The van der Waals surface area contributed by atoms with Crippen molar-refractivity contribution >= 4 is 17.7 Å². The van der Waals surface area contributed by atoms with E-state index < -0.39 is 0 Å². The van der Waals surface area contributed by atoms with Crippen LogP contribution < -0.4 is 4.90 Å². The van der Waals surface area contributed by atoms with Gasteiger partial charge in [-0.05, 0) is 38.5 Å². The van der Waals surface area contributed by atoms with E-state index in [0.29, 0.717) is 23.7 Å². The summed E-state index contributed by atoms with van der Waals surface area (Å²) in [5.41, 5.74) is 0.622. The predicted octanol–water partition coefficient (Wildman–Crippen LogP) is 1.93. The Morgan fingerprint density at radius 3 is 2.95 bits per heavy atom. The molecule has 4 unspecified atom stereocenters. The maximum Gasteiger partial charge on any atom is 0.280 e. The quantitative estimate of drug-likeness (QED) is 0.796. The highest BCUT2D eigenvalue weighted by Gasteiger charge is 2.53. The number of nitrogens with zero attached hydrogens (tertiary/aromatic N) is 4. The third-order valence-corrected chi connectivity index (χ3v) is 6.02. The number of fused-ring (bicyclic) bond motifs is 4. The van der Waals surface area contributed by atoms with Crippen LogP contribution in [0.15, 0.2) is 4.99 Å². The largest absolute Gasteiger partial charge is 0.336 e. The molecule has 0 radical (unpaired) electrons. The Morgan fingerprint density at radius 2 is 2.09 bits per heavy atom. The van der Waals surface area contributed by atoms with Crippen LogP contribution in [0.1, 0.15) is 48.4 Å². The van der Waals surface area contributed by atoms with Crippen LogP contribution in [0, 0.1) is 18.8 Å². The van der Waals surface area contributed by atoms with E-state index in [1.54, 1.807) is 4.90 Å². The summed E-state index contributed by atoms with van der Waals surface area (Å²) in [5.74, 6) is 3.85. The van der Waals surface area contributed by atoms with E-state index in [4.69, 9.17) is 4.99 Å². The molecule has 1 aromatic heterocycles. The van der Waals surface area contributed by atoms with Crippen molar-refractivity contribution in [1.29, 1.82) is 0 Å². The van der Waals surface area contributed by atoms with Crippen molar-refractivity contribution in [2.45, 2.75) is 51.1 Å². The van der Waals surface area contributed by atoms with Crippen molar-refractivity contribution in [2.24, 2.45) is 16.8 Å². The minimum Gasteiger partial charge on any atom is -0.336 e.